The van der Waals surface area contributed by atoms with Crippen molar-refractivity contribution in [3.63, 3.8) is 0 Å². The average Bonchev–Trinajstić information content (AvgIpc) is 2.00. The van der Waals surface area contributed by atoms with Gasteiger partial charge in [-0.1, -0.05) is 43.4 Å². The van der Waals surface area contributed by atoms with E-state index in [1.165, 1.54) is 0 Å². The van der Waals surface area contributed by atoms with Crippen molar-refractivity contribution in [3.8, 4) is 0 Å². The van der Waals surface area contributed by atoms with Crippen molar-refractivity contribution in [1.82, 2.24) is 0 Å². The summed E-state index contributed by atoms with van der Waals surface area (Å²) in [6.07, 6.45) is 1.54. The van der Waals surface area contributed by atoms with E-state index in [2.05, 4.69) is 36.4 Å². The molecule has 1 unspecified atom stereocenters. The molecule has 0 N–H and O–H groups in total. The molecule has 0 aromatic rings. The molecule has 72 valence electrons. The van der Waals surface area contributed by atoms with Gasteiger partial charge in [0.1, 0.15) is 6.10 Å². The predicted octanol–water partition coefficient (Wildman–Crippen LogP) is 2.79. The molecule has 0 spiro atoms. The van der Waals surface area contributed by atoms with Gasteiger partial charge < -0.3 is 4.74 Å². The second kappa shape index (κ2) is 6.69. The smallest absolute Gasteiger partial charge is 0.306 e. The molecule has 0 aliphatic rings. The zero-order valence-corrected chi connectivity index (χ0v) is 10.1. The molecule has 3 heteroatoms. The largest absolute Gasteiger partial charge is 0.462 e. The number of carbonyl (C=O) groups is 1. The van der Waals surface area contributed by atoms with Gasteiger partial charge in [-0.05, 0) is 12.3 Å². The van der Waals surface area contributed by atoms with Crippen molar-refractivity contribution in [2.75, 3.05) is 4.43 Å². The normalized spacial score (nSPS) is 13.1. The van der Waals surface area contributed by atoms with E-state index >= 15 is 0 Å². The zero-order chi connectivity index (χ0) is 9.56. The second-order valence-electron chi connectivity index (χ2n) is 3.12. The van der Waals surface area contributed by atoms with Crippen LogP contribution in [0.3, 0.4) is 0 Å². The SMILES string of the molecule is CCC(OC(=O)CCI)C(C)C. The molecule has 0 aromatic carbocycles. The molecule has 0 bridgehead atoms. The molecule has 0 amide bonds. The minimum absolute atomic E-state index is 0.0649. The zero-order valence-electron chi connectivity index (χ0n) is 7.97. The first-order valence-electron chi connectivity index (χ1n) is 4.37. The van der Waals surface area contributed by atoms with Gasteiger partial charge in [-0.15, -0.1) is 0 Å². The summed E-state index contributed by atoms with van der Waals surface area (Å²) >= 11 is 2.18. The van der Waals surface area contributed by atoms with E-state index in [4.69, 9.17) is 4.74 Å². The number of carbonyl (C=O) groups excluding carboxylic acids is 1. The second-order valence-corrected chi connectivity index (χ2v) is 4.20. The summed E-state index contributed by atoms with van der Waals surface area (Å²) in [5.41, 5.74) is 0. The van der Waals surface area contributed by atoms with Crippen LogP contribution in [0.2, 0.25) is 0 Å². The van der Waals surface area contributed by atoms with Crippen LogP contribution >= 0.6 is 22.6 Å². The quantitative estimate of drug-likeness (QED) is 0.441. The topological polar surface area (TPSA) is 26.3 Å². The molecular formula is C9H17IO2. The maximum absolute atomic E-state index is 11.1. The van der Waals surface area contributed by atoms with Crippen LogP contribution in [0.15, 0.2) is 0 Å². The Morgan fingerprint density at radius 1 is 1.50 bits per heavy atom. The number of hydrogen-bond donors (Lipinski definition) is 0. The van der Waals surface area contributed by atoms with Gasteiger partial charge >= 0.3 is 5.97 Å². The Morgan fingerprint density at radius 2 is 2.08 bits per heavy atom. The molecule has 0 heterocycles. The fourth-order valence-corrected chi connectivity index (χ4v) is 1.44. The molecule has 0 saturated carbocycles. The summed E-state index contributed by atoms with van der Waals surface area (Å²) in [4.78, 5) is 11.1. The molecule has 0 aliphatic heterocycles. The third-order valence-electron chi connectivity index (χ3n) is 1.73. The lowest BCUT2D eigenvalue weighted by Crippen LogP contribution is -2.22. The van der Waals surface area contributed by atoms with Crippen molar-refractivity contribution >= 4 is 28.6 Å². The molecule has 1 atom stereocenters. The summed E-state index contributed by atoms with van der Waals surface area (Å²) in [7, 11) is 0. The molecule has 0 rings (SSSR count). The van der Waals surface area contributed by atoms with E-state index in [0.717, 1.165) is 10.8 Å². The number of ether oxygens (including phenoxy) is 1. The minimum atomic E-state index is -0.0649. The number of hydrogen-bond acceptors (Lipinski definition) is 2. The van der Waals surface area contributed by atoms with Gasteiger partial charge in [-0.2, -0.15) is 0 Å². The molecule has 0 fully saturated rings. The van der Waals surface area contributed by atoms with E-state index in [9.17, 15) is 4.79 Å². The van der Waals surface area contributed by atoms with Crippen LogP contribution in [0.1, 0.15) is 33.6 Å². The van der Waals surface area contributed by atoms with Crippen LogP contribution in [0.4, 0.5) is 0 Å². The van der Waals surface area contributed by atoms with Crippen LogP contribution in [-0.2, 0) is 9.53 Å². The van der Waals surface area contributed by atoms with E-state index in [1.807, 2.05) is 6.92 Å². The molecule has 0 aliphatic carbocycles. The van der Waals surface area contributed by atoms with Crippen LogP contribution in [-0.4, -0.2) is 16.5 Å². The molecule has 0 radical (unpaired) electrons. The Labute approximate surface area is 88.2 Å². The maximum Gasteiger partial charge on any atom is 0.306 e. The van der Waals surface area contributed by atoms with Crippen LogP contribution in [0, 0.1) is 5.92 Å². The third-order valence-corrected chi connectivity index (χ3v) is 2.27. The third kappa shape index (κ3) is 4.95. The lowest BCUT2D eigenvalue weighted by molar-refractivity contribution is -0.150. The number of halogens is 1. The summed E-state index contributed by atoms with van der Waals surface area (Å²) in [6.45, 7) is 6.19. The highest BCUT2D eigenvalue weighted by Gasteiger charge is 2.15. The Hall–Kier alpha value is 0.200. The molecule has 12 heavy (non-hydrogen) atoms. The van der Waals surface area contributed by atoms with Gasteiger partial charge in [0.15, 0.2) is 0 Å². The first-order valence-corrected chi connectivity index (χ1v) is 5.89. The molecule has 0 aromatic heterocycles. The van der Waals surface area contributed by atoms with Crippen molar-refractivity contribution < 1.29 is 9.53 Å². The van der Waals surface area contributed by atoms with Gasteiger partial charge in [0.2, 0.25) is 0 Å². The van der Waals surface area contributed by atoms with Crippen molar-refractivity contribution in [2.24, 2.45) is 5.92 Å². The average molecular weight is 284 g/mol. The van der Waals surface area contributed by atoms with Crippen molar-refractivity contribution in [3.05, 3.63) is 0 Å². The molecule has 0 saturated heterocycles. The molecular weight excluding hydrogens is 267 g/mol. The Bertz CT molecular complexity index is 134. The Morgan fingerprint density at radius 3 is 2.42 bits per heavy atom. The highest BCUT2D eigenvalue weighted by molar-refractivity contribution is 14.1. The van der Waals surface area contributed by atoms with E-state index in [-0.39, 0.29) is 12.1 Å². The minimum Gasteiger partial charge on any atom is -0.462 e. The first kappa shape index (κ1) is 12.2. The number of rotatable bonds is 5. The van der Waals surface area contributed by atoms with E-state index < -0.39 is 0 Å². The van der Waals surface area contributed by atoms with Crippen molar-refractivity contribution in [1.29, 1.82) is 0 Å². The first-order chi connectivity index (χ1) is 5.61. The fourth-order valence-electron chi connectivity index (χ4n) is 0.996. The summed E-state index contributed by atoms with van der Waals surface area (Å²) in [5, 5.41) is 0. The maximum atomic E-state index is 11.1. The highest BCUT2D eigenvalue weighted by Crippen LogP contribution is 2.11. The molecule has 2 nitrogen and oxygen atoms in total. The summed E-state index contributed by atoms with van der Waals surface area (Å²) in [6, 6.07) is 0. The Kier molecular flexibility index (Phi) is 6.80. The van der Waals surface area contributed by atoms with Gasteiger partial charge in [-0.25, -0.2) is 0 Å². The fraction of sp³-hybridized carbons (Fsp3) is 0.889. The van der Waals surface area contributed by atoms with E-state index in [0.29, 0.717) is 12.3 Å². The van der Waals surface area contributed by atoms with Crippen LogP contribution in [0.5, 0.6) is 0 Å². The lowest BCUT2D eigenvalue weighted by atomic mass is 10.1. The van der Waals surface area contributed by atoms with Crippen molar-refractivity contribution in [2.45, 2.75) is 39.7 Å². The van der Waals surface area contributed by atoms with Gasteiger partial charge in [0, 0.05) is 4.43 Å². The number of alkyl halides is 1. The monoisotopic (exact) mass is 284 g/mol. The predicted molar refractivity (Wildman–Crippen MR) is 58.5 cm³/mol. The van der Waals surface area contributed by atoms with Crippen LogP contribution in [0.25, 0.3) is 0 Å². The van der Waals surface area contributed by atoms with Gasteiger partial charge in [0.05, 0.1) is 6.42 Å². The van der Waals surface area contributed by atoms with Gasteiger partial charge in [0.25, 0.3) is 0 Å². The van der Waals surface area contributed by atoms with Crippen LogP contribution < -0.4 is 0 Å². The highest BCUT2D eigenvalue weighted by atomic mass is 127. The van der Waals surface area contributed by atoms with E-state index in [1.54, 1.807) is 0 Å². The summed E-state index contributed by atoms with van der Waals surface area (Å²) in [5.74, 6) is 0.359. The summed E-state index contributed by atoms with van der Waals surface area (Å²) < 4.78 is 6.10. The van der Waals surface area contributed by atoms with Gasteiger partial charge in [-0.3, -0.25) is 4.79 Å². The Balaban J connectivity index is 3.77. The lowest BCUT2D eigenvalue weighted by Gasteiger charge is -2.19. The number of esters is 1. The standard InChI is InChI=1S/C9H17IO2/c1-4-8(7(2)3)12-9(11)5-6-10/h7-8H,4-6H2,1-3H3.